The molecular weight excluding hydrogens is 346 g/mol. The van der Waals surface area contributed by atoms with Crippen molar-refractivity contribution in [3.8, 4) is 0 Å². The van der Waals surface area contributed by atoms with E-state index in [4.69, 9.17) is 11.6 Å². The maximum Gasteiger partial charge on any atom is 0.0516 e. The summed E-state index contributed by atoms with van der Waals surface area (Å²) < 4.78 is 1.15. The molecule has 0 atom stereocenters. The molecule has 0 saturated heterocycles. The maximum absolute atomic E-state index is 6.28. The lowest BCUT2D eigenvalue weighted by Crippen LogP contribution is -2.34. The first kappa shape index (κ1) is 14.9. The highest BCUT2D eigenvalue weighted by Crippen LogP contribution is 2.42. The number of aryl methyl sites for hydroxylation is 2. The summed E-state index contributed by atoms with van der Waals surface area (Å²) in [6.45, 7) is 4.28. The van der Waals surface area contributed by atoms with Gasteiger partial charge in [0.25, 0.3) is 0 Å². The normalized spacial score (nSPS) is 21.0. The predicted octanol–water partition coefficient (Wildman–Crippen LogP) is 6.08. The average molecular weight is 365 g/mol. The van der Waals surface area contributed by atoms with Crippen LogP contribution in [0.25, 0.3) is 0 Å². The van der Waals surface area contributed by atoms with Crippen LogP contribution in [0.5, 0.6) is 0 Å². The maximum atomic E-state index is 6.28. The van der Waals surface area contributed by atoms with Crippen molar-refractivity contribution in [2.45, 2.75) is 38.6 Å². The lowest BCUT2D eigenvalue weighted by molar-refractivity contribution is 0.374. The molecule has 1 aliphatic rings. The molecule has 1 aliphatic carbocycles. The van der Waals surface area contributed by atoms with Crippen LogP contribution in [0.3, 0.4) is 0 Å². The van der Waals surface area contributed by atoms with E-state index in [1.54, 1.807) is 0 Å². The van der Waals surface area contributed by atoms with Crippen molar-refractivity contribution in [2.75, 3.05) is 5.32 Å². The summed E-state index contributed by atoms with van der Waals surface area (Å²) in [7, 11) is 0. The lowest BCUT2D eigenvalue weighted by atomic mass is 9.75. The number of benzene rings is 2. The molecule has 0 bridgehead atoms. The minimum atomic E-state index is 0.531. The van der Waals surface area contributed by atoms with Crippen molar-refractivity contribution in [3.63, 3.8) is 0 Å². The first-order chi connectivity index (χ1) is 10.0. The Morgan fingerprint density at radius 2 is 1.86 bits per heavy atom. The van der Waals surface area contributed by atoms with Crippen LogP contribution < -0.4 is 5.32 Å². The Bertz CT molecular complexity index is 639. The van der Waals surface area contributed by atoms with E-state index < -0.39 is 0 Å². The average Bonchev–Trinajstić information content (AvgIpc) is 2.37. The van der Waals surface area contributed by atoms with Crippen LogP contribution in [0.15, 0.2) is 40.9 Å². The van der Waals surface area contributed by atoms with Gasteiger partial charge in [-0.15, -0.1) is 0 Å². The van der Waals surface area contributed by atoms with E-state index >= 15 is 0 Å². The first-order valence-electron chi connectivity index (χ1n) is 7.32. The Morgan fingerprint density at radius 1 is 1.14 bits per heavy atom. The smallest absolute Gasteiger partial charge is 0.0516 e. The van der Waals surface area contributed by atoms with Gasteiger partial charge in [0.15, 0.2) is 0 Å². The van der Waals surface area contributed by atoms with Crippen LogP contribution in [-0.2, 0) is 0 Å². The Balaban J connectivity index is 1.67. The van der Waals surface area contributed by atoms with E-state index in [1.165, 1.54) is 22.4 Å². The molecule has 0 spiro atoms. The largest absolute Gasteiger partial charge is 0.381 e. The fourth-order valence-corrected chi connectivity index (χ4v) is 4.18. The van der Waals surface area contributed by atoms with Gasteiger partial charge >= 0.3 is 0 Å². The third kappa shape index (κ3) is 3.12. The molecule has 0 radical (unpaired) electrons. The molecule has 110 valence electrons. The van der Waals surface area contributed by atoms with E-state index in [2.05, 4.69) is 59.4 Å². The Hall–Kier alpha value is -0.990. The summed E-state index contributed by atoms with van der Waals surface area (Å²) >= 11 is 9.95. The highest BCUT2D eigenvalue weighted by Gasteiger charge is 2.31. The van der Waals surface area contributed by atoms with Crippen molar-refractivity contribution in [3.05, 3.63) is 62.6 Å². The van der Waals surface area contributed by atoms with Crippen LogP contribution in [0.4, 0.5) is 5.69 Å². The fraction of sp³-hybridized carbons (Fsp3) is 0.333. The molecule has 2 aromatic rings. The Morgan fingerprint density at radius 3 is 2.52 bits per heavy atom. The molecule has 0 unspecified atom stereocenters. The summed E-state index contributed by atoms with van der Waals surface area (Å²) in [4.78, 5) is 0. The molecule has 0 aromatic heterocycles. The van der Waals surface area contributed by atoms with E-state index in [0.717, 1.165) is 22.3 Å². The summed E-state index contributed by atoms with van der Waals surface area (Å²) in [6, 6.07) is 13.1. The molecule has 1 fully saturated rings. The van der Waals surface area contributed by atoms with Crippen LogP contribution in [0.1, 0.15) is 35.4 Å². The SMILES string of the molecule is Cc1cc(C)c(NC2CC(c3ccccc3Cl)C2)c(Br)c1. The zero-order valence-electron chi connectivity index (χ0n) is 12.3. The number of hydrogen-bond donors (Lipinski definition) is 1. The summed E-state index contributed by atoms with van der Waals surface area (Å²) in [5.74, 6) is 0.584. The molecule has 0 aliphatic heterocycles. The number of rotatable bonds is 3. The lowest BCUT2D eigenvalue weighted by Gasteiger charge is -2.38. The molecule has 2 aromatic carbocycles. The molecular formula is C18H19BrClN. The molecule has 3 rings (SSSR count). The standard InChI is InChI=1S/C18H19BrClN/c1-11-7-12(2)18(16(19)8-11)21-14-9-13(10-14)15-5-3-4-6-17(15)20/h3-8,13-14,21H,9-10H2,1-2H3. The van der Waals surface area contributed by atoms with Crippen LogP contribution in [0, 0.1) is 13.8 Å². The number of anilines is 1. The van der Waals surface area contributed by atoms with Gasteiger partial charge in [0.05, 0.1) is 5.69 Å². The number of hydrogen-bond acceptors (Lipinski definition) is 1. The zero-order valence-corrected chi connectivity index (χ0v) is 14.6. The molecule has 0 heterocycles. The Kier molecular flexibility index (Phi) is 4.28. The first-order valence-corrected chi connectivity index (χ1v) is 8.49. The second-order valence-electron chi connectivity index (χ2n) is 5.97. The van der Waals surface area contributed by atoms with Crippen LogP contribution in [0.2, 0.25) is 5.02 Å². The fourth-order valence-electron chi connectivity index (χ4n) is 3.10. The van der Waals surface area contributed by atoms with Gasteiger partial charge in [-0.1, -0.05) is 35.9 Å². The van der Waals surface area contributed by atoms with Gasteiger partial charge in [-0.25, -0.2) is 0 Å². The molecule has 3 heteroatoms. The van der Waals surface area contributed by atoms with Crippen molar-refractivity contribution in [1.29, 1.82) is 0 Å². The molecule has 21 heavy (non-hydrogen) atoms. The topological polar surface area (TPSA) is 12.0 Å². The molecule has 0 amide bonds. The van der Waals surface area contributed by atoms with Crippen molar-refractivity contribution < 1.29 is 0 Å². The third-order valence-corrected chi connectivity index (χ3v) is 5.23. The van der Waals surface area contributed by atoms with E-state index in [9.17, 15) is 0 Å². The van der Waals surface area contributed by atoms with Gasteiger partial charge in [-0.3, -0.25) is 0 Å². The van der Waals surface area contributed by atoms with Gasteiger partial charge < -0.3 is 5.32 Å². The van der Waals surface area contributed by atoms with Crippen molar-refractivity contribution in [2.24, 2.45) is 0 Å². The summed E-state index contributed by atoms with van der Waals surface area (Å²) in [6.07, 6.45) is 2.28. The quantitative estimate of drug-likeness (QED) is 0.696. The Labute approximate surface area is 139 Å². The number of halogens is 2. The van der Waals surface area contributed by atoms with Gasteiger partial charge in [-0.2, -0.15) is 0 Å². The monoisotopic (exact) mass is 363 g/mol. The van der Waals surface area contributed by atoms with E-state index in [1.807, 2.05) is 12.1 Å². The second-order valence-corrected chi connectivity index (χ2v) is 7.23. The predicted molar refractivity (Wildman–Crippen MR) is 94.5 cm³/mol. The van der Waals surface area contributed by atoms with Crippen molar-refractivity contribution in [1.82, 2.24) is 0 Å². The van der Waals surface area contributed by atoms with E-state index in [-0.39, 0.29) is 0 Å². The highest BCUT2D eigenvalue weighted by molar-refractivity contribution is 9.10. The zero-order chi connectivity index (χ0) is 15.0. The van der Waals surface area contributed by atoms with Gasteiger partial charge in [0.1, 0.15) is 0 Å². The number of nitrogens with one attached hydrogen (secondary N) is 1. The van der Waals surface area contributed by atoms with Crippen molar-refractivity contribution >= 4 is 33.2 Å². The molecule has 1 saturated carbocycles. The molecule has 1 nitrogen and oxygen atoms in total. The van der Waals surface area contributed by atoms with Crippen LogP contribution >= 0.6 is 27.5 Å². The minimum absolute atomic E-state index is 0.531. The summed E-state index contributed by atoms with van der Waals surface area (Å²) in [5.41, 5.74) is 5.09. The molecule has 1 N–H and O–H groups in total. The van der Waals surface area contributed by atoms with Gasteiger partial charge in [0.2, 0.25) is 0 Å². The minimum Gasteiger partial charge on any atom is -0.381 e. The summed E-state index contributed by atoms with van der Waals surface area (Å²) in [5, 5.41) is 4.57. The van der Waals surface area contributed by atoms with Crippen LogP contribution in [-0.4, -0.2) is 6.04 Å². The highest BCUT2D eigenvalue weighted by atomic mass is 79.9. The second kappa shape index (κ2) is 6.02. The third-order valence-electron chi connectivity index (χ3n) is 4.26. The van der Waals surface area contributed by atoms with Gasteiger partial charge in [-0.05, 0) is 77.4 Å². The van der Waals surface area contributed by atoms with Gasteiger partial charge in [0, 0.05) is 15.5 Å². The van der Waals surface area contributed by atoms with E-state index in [0.29, 0.717) is 12.0 Å².